The van der Waals surface area contributed by atoms with Gasteiger partial charge in [0.05, 0.1) is 13.6 Å². The Bertz CT molecular complexity index is 466. The number of benzene rings is 1. The van der Waals surface area contributed by atoms with Crippen LogP contribution in [0.25, 0.3) is 6.08 Å². The first-order valence-corrected chi connectivity index (χ1v) is 9.80. The van der Waals surface area contributed by atoms with E-state index in [4.69, 9.17) is 0 Å². The molecular weight excluding hydrogens is 222 g/mol. The monoisotopic (exact) mass is 245 g/mol. The molecule has 0 radical (unpaired) electrons. The predicted molar refractivity (Wildman–Crippen MR) is 80.2 cm³/mol. The molecule has 2 rings (SSSR count). The first-order valence-electron chi connectivity index (χ1n) is 6.30. The normalized spacial score (nSPS) is 18.7. The molecule has 92 valence electrons. The van der Waals surface area contributed by atoms with E-state index in [1.807, 2.05) is 0 Å². The van der Waals surface area contributed by atoms with Crippen molar-refractivity contribution in [2.75, 3.05) is 11.9 Å². The SMILES string of the molecule is CN1c2ccccc2C=C([Si](C)(C)C)C1(C)C. The van der Waals surface area contributed by atoms with Gasteiger partial charge in [-0.05, 0) is 25.5 Å². The third-order valence-corrected chi connectivity index (χ3v) is 6.28. The van der Waals surface area contributed by atoms with Crippen molar-refractivity contribution in [3.63, 3.8) is 0 Å². The first-order chi connectivity index (χ1) is 7.74. The average molecular weight is 245 g/mol. The van der Waals surface area contributed by atoms with Crippen molar-refractivity contribution in [3.8, 4) is 0 Å². The van der Waals surface area contributed by atoms with Crippen LogP contribution in [-0.2, 0) is 0 Å². The Labute approximate surface area is 106 Å². The Hall–Kier alpha value is -1.02. The fourth-order valence-electron chi connectivity index (χ4n) is 2.86. The molecule has 2 heteroatoms. The number of hydrogen-bond donors (Lipinski definition) is 0. The van der Waals surface area contributed by atoms with E-state index in [0.29, 0.717) is 0 Å². The lowest BCUT2D eigenvalue weighted by atomic mass is 9.94. The average Bonchev–Trinajstić information content (AvgIpc) is 2.22. The maximum Gasteiger partial charge on any atom is 0.0755 e. The summed E-state index contributed by atoms with van der Waals surface area (Å²) in [7, 11) is 0.932. The molecule has 0 saturated carbocycles. The van der Waals surface area contributed by atoms with Crippen LogP contribution < -0.4 is 4.90 Å². The second-order valence-corrected chi connectivity index (χ2v) is 11.5. The quantitative estimate of drug-likeness (QED) is 0.671. The van der Waals surface area contributed by atoms with Crippen LogP contribution in [0, 0.1) is 0 Å². The Kier molecular flexibility index (Phi) is 2.73. The fraction of sp³-hybridized carbons (Fsp3) is 0.467. The second kappa shape index (κ2) is 3.74. The summed E-state index contributed by atoms with van der Waals surface area (Å²) in [6.45, 7) is 12.0. The lowest BCUT2D eigenvalue weighted by Gasteiger charge is -2.47. The predicted octanol–water partition coefficient (Wildman–Crippen LogP) is 4.18. The van der Waals surface area contributed by atoms with Crippen molar-refractivity contribution in [1.29, 1.82) is 0 Å². The Morgan fingerprint density at radius 1 is 1.06 bits per heavy atom. The van der Waals surface area contributed by atoms with Gasteiger partial charge < -0.3 is 4.90 Å². The van der Waals surface area contributed by atoms with Crippen LogP contribution in [0.15, 0.2) is 29.5 Å². The zero-order valence-corrected chi connectivity index (χ0v) is 12.8. The molecule has 1 heterocycles. The van der Waals surface area contributed by atoms with Crippen LogP contribution in [0.4, 0.5) is 5.69 Å². The largest absolute Gasteiger partial charge is 0.366 e. The van der Waals surface area contributed by atoms with Crippen LogP contribution in [0.2, 0.25) is 19.6 Å². The second-order valence-electron chi connectivity index (χ2n) is 6.48. The van der Waals surface area contributed by atoms with Gasteiger partial charge in [-0.3, -0.25) is 0 Å². The van der Waals surface area contributed by atoms with Crippen molar-refractivity contribution < 1.29 is 0 Å². The van der Waals surface area contributed by atoms with Crippen molar-refractivity contribution in [2.24, 2.45) is 0 Å². The third-order valence-electron chi connectivity index (χ3n) is 3.90. The molecule has 1 nitrogen and oxygen atoms in total. The van der Waals surface area contributed by atoms with Gasteiger partial charge in [-0.2, -0.15) is 0 Å². The zero-order chi connectivity index (χ0) is 12.8. The van der Waals surface area contributed by atoms with Gasteiger partial charge in [0.2, 0.25) is 0 Å². The van der Waals surface area contributed by atoms with E-state index in [9.17, 15) is 0 Å². The zero-order valence-electron chi connectivity index (χ0n) is 11.8. The highest BCUT2D eigenvalue weighted by molar-refractivity contribution is 6.84. The molecule has 1 aromatic carbocycles. The summed E-state index contributed by atoms with van der Waals surface area (Å²) in [5, 5.41) is 1.63. The van der Waals surface area contributed by atoms with E-state index in [1.54, 1.807) is 5.20 Å². The van der Waals surface area contributed by atoms with Crippen LogP contribution in [0.5, 0.6) is 0 Å². The number of nitrogens with zero attached hydrogens (tertiary/aromatic N) is 1. The highest BCUT2D eigenvalue weighted by atomic mass is 28.3. The molecule has 0 fully saturated rings. The summed E-state index contributed by atoms with van der Waals surface area (Å²) >= 11 is 0. The Morgan fingerprint density at radius 2 is 1.65 bits per heavy atom. The molecule has 0 bridgehead atoms. The van der Waals surface area contributed by atoms with E-state index < -0.39 is 8.07 Å². The van der Waals surface area contributed by atoms with E-state index in [0.717, 1.165) is 0 Å². The van der Waals surface area contributed by atoms with Crippen LogP contribution in [0.1, 0.15) is 19.4 Å². The van der Waals surface area contributed by atoms with E-state index in [2.05, 4.69) is 75.8 Å². The summed E-state index contributed by atoms with van der Waals surface area (Å²) < 4.78 is 0. The smallest absolute Gasteiger partial charge is 0.0755 e. The third kappa shape index (κ3) is 1.95. The summed E-state index contributed by atoms with van der Waals surface area (Å²) in [4.78, 5) is 2.43. The number of rotatable bonds is 1. The van der Waals surface area contributed by atoms with Gasteiger partial charge in [0.1, 0.15) is 0 Å². The summed E-state index contributed by atoms with van der Waals surface area (Å²) in [6, 6.07) is 8.69. The molecule has 0 saturated heterocycles. The molecule has 1 aliphatic rings. The number of hydrogen-bond acceptors (Lipinski definition) is 1. The fourth-order valence-corrected chi connectivity index (χ4v) is 5.45. The molecule has 1 aliphatic heterocycles. The van der Waals surface area contributed by atoms with E-state index >= 15 is 0 Å². The van der Waals surface area contributed by atoms with Gasteiger partial charge in [-0.25, -0.2) is 0 Å². The van der Waals surface area contributed by atoms with Crippen molar-refractivity contribution in [1.82, 2.24) is 0 Å². The summed E-state index contributed by atoms with van der Waals surface area (Å²) in [6.07, 6.45) is 2.43. The van der Waals surface area contributed by atoms with Gasteiger partial charge in [0.25, 0.3) is 0 Å². The maximum atomic E-state index is 2.43. The lowest BCUT2D eigenvalue weighted by Crippen LogP contribution is -2.51. The molecule has 0 N–H and O–H groups in total. The highest BCUT2D eigenvalue weighted by Gasteiger charge is 2.39. The number of likely N-dealkylation sites (N-methyl/N-ethyl adjacent to an activating group) is 1. The standard InChI is InChI=1S/C15H23NSi/c1-15(2)14(17(4,5)6)11-12-9-7-8-10-13(12)16(15)3/h7-11H,1-6H3. The van der Waals surface area contributed by atoms with Gasteiger partial charge in [-0.1, -0.05) is 49.1 Å². The molecule has 0 atom stereocenters. The van der Waals surface area contributed by atoms with E-state index in [1.165, 1.54) is 11.3 Å². The molecule has 17 heavy (non-hydrogen) atoms. The molecule has 0 unspecified atom stereocenters. The minimum Gasteiger partial charge on any atom is -0.366 e. The molecule has 1 aromatic rings. The maximum absolute atomic E-state index is 2.43. The highest BCUT2D eigenvalue weighted by Crippen LogP contribution is 2.41. The summed E-state index contributed by atoms with van der Waals surface area (Å²) in [5.41, 5.74) is 2.85. The topological polar surface area (TPSA) is 3.24 Å². The van der Waals surface area contributed by atoms with Gasteiger partial charge in [-0.15, -0.1) is 0 Å². The summed E-state index contributed by atoms with van der Waals surface area (Å²) in [5.74, 6) is 0. The number of anilines is 1. The van der Waals surface area contributed by atoms with Crippen LogP contribution >= 0.6 is 0 Å². The van der Waals surface area contributed by atoms with Crippen molar-refractivity contribution >= 4 is 19.8 Å². The minimum atomic E-state index is -1.28. The molecule has 0 spiro atoms. The molecule has 0 amide bonds. The van der Waals surface area contributed by atoms with Crippen molar-refractivity contribution in [2.45, 2.75) is 39.0 Å². The lowest BCUT2D eigenvalue weighted by molar-refractivity contribution is 0.584. The first kappa shape index (κ1) is 12.4. The van der Waals surface area contributed by atoms with Crippen LogP contribution in [0.3, 0.4) is 0 Å². The van der Waals surface area contributed by atoms with Gasteiger partial charge in [0.15, 0.2) is 0 Å². The molecular formula is C15H23NSi. The molecule has 0 aliphatic carbocycles. The van der Waals surface area contributed by atoms with E-state index in [-0.39, 0.29) is 5.54 Å². The number of fused-ring (bicyclic) bond motifs is 1. The van der Waals surface area contributed by atoms with Crippen LogP contribution in [-0.4, -0.2) is 20.7 Å². The van der Waals surface area contributed by atoms with Gasteiger partial charge >= 0.3 is 0 Å². The Balaban J connectivity index is 2.65. The molecule has 0 aromatic heterocycles. The Morgan fingerprint density at radius 3 is 2.24 bits per heavy atom. The van der Waals surface area contributed by atoms with Crippen molar-refractivity contribution in [3.05, 3.63) is 35.0 Å². The van der Waals surface area contributed by atoms with Gasteiger partial charge in [0, 0.05) is 12.7 Å². The number of para-hydroxylation sites is 1. The minimum absolute atomic E-state index is 0.138.